The molecule has 158 valence electrons. The van der Waals surface area contributed by atoms with Gasteiger partial charge in [-0.25, -0.2) is 4.98 Å². The Hall–Kier alpha value is -2.38. The second-order valence-corrected chi connectivity index (χ2v) is 9.09. The number of carbonyl (C=O) groups is 1. The number of anilines is 1. The third-order valence-corrected chi connectivity index (χ3v) is 6.68. The summed E-state index contributed by atoms with van der Waals surface area (Å²) >= 11 is 3.64. The number of rotatable bonds is 4. The van der Waals surface area contributed by atoms with Gasteiger partial charge in [0.05, 0.1) is 0 Å². The molecule has 0 spiro atoms. The van der Waals surface area contributed by atoms with Gasteiger partial charge in [0, 0.05) is 86.4 Å². The number of halogens is 1. The smallest absolute Gasteiger partial charge is 0.253 e. The normalized spacial score (nSPS) is 17.5. The first-order valence-corrected chi connectivity index (χ1v) is 11.0. The van der Waals surface area contributed by atoms with E-state index in [2.05, 4.69) is 67.5 Å². The van der Waals surface area contributed by atoms with Crippen molar-refractivity contribution in [3.63, 3.8) is 0 Å². The Bertz CT molecular complexity index is 1060. The zero-order chi connectivity index (χ0) is 21.4. The van der Waals surface area contributed by atoms with E-state index in [-0.39, 0.29) is 5.91 Å². The number of aryl methyl sites for hydroxylation is 1. The Balaban J connectivity index is 1.44. The van der Waals surface area contributed by atoms with Crippen LogP contribution in [-0.2, 0) is 13.6 Å². The Morgan fingerprint density at radius 1 is 1.20 bits per heavy atom. The van der Waals surface area contributed by atoms with Crippen molar-refractivity contribution in [2.75, 3.05) is 38.6 Å². The minimum Gasteiger partial charge on any atom is -0.369 e. The molecule has 1 aliphatic heterocycles. The molecule has 1 aromatic carbocycles. The van der Waals surface area contributed by atoms with E-state index in [0.717, 1.165) is 47.2 Å². The van der Waals surface area contributed by atoms with E-state index >= 15 is 0 Å². The number of nitrogens with zero attached hydrogens (tertiary/aromatic N) is 5. The standard InChI is InChI=1S/C23H28BrN5O/c1-16-14-29(18-7-5-17(6-8-18)23(30)26(2)3)12-11-28(16)15-19-13-20-21(24)9-10-25-22(20)27(19)4/h5-10,13,16H,11-12,14-15H2,1-4H3/t16-/m1/s1. The van der Waals surface area contributed by atoms with E-state index in [9.17, 15) is 4.79 Å². The molecule has 0 N–H and O–H groups in total. The molecule has 7 heteroatoms. The molecule has 6 nitrogen and oxygen atoms in total. The van der Waals surface area contributed by atoms with Crippen molar-refractivity contribution in [1.82, 2.24) is 19.4 Å². The fourth-order valence-electron chi connectivity index (χ4n) is 4.14. The fraction of sp³-hybridized carbons (Fsp3) is 0.391. The number of pyridine rings is 1. The van der Waals surface area contributed by atoms with Crippen LogP contribution in [0.4, 0.5) is 5.69 Å². The van der Waals surface area contributed by atoms with E-state index in [0.29, 0.717) is 6.04 Å². The van der Waals surface area contributed by atoms with Gasteiger partial charge in [-0.05, 0) is 59.3 Å². The Labute approximate surface area is 186 Å². The summed E-state index contributed by atoms with van der Waals surface area (Å²) in [5.41, 5.74) is 4.19. The minimum absolute atomic E-state index is 0.0378. The number of amides is 1. The second-order valence-electron chi connectivity index (χ2n) is 8.24. The van der Waals surface area contributed by atoms with Gasteiger partial charge in [-0.3, -0.25) is 9.69 Å². The predicted molar refractivity (Wildman–Crippen MR) is 125 cm³/mol. The summed E-state index contributed by atoms with van der Waals surface area (Å²) in [5.74, 6) is 0.0378. The quantitative estimate of drug-likeness (QED) is 0.583. The first-order valence-electron chi connectivity index (χ1n) is 10.2. The van der Waals surface area contributed by atoms with Crippen molar-refractivity contribution in [3.8, 4) is 0 Å². The third-order valence-electron chi connectivity index (χ3n) is 5.99. The van der Waals surface area contributed by atoms with Crippen molar-refractivity contribution in [2.24, 2.45) is 7.05 Å². The molecule has 0 saturated carbocycles. The van der Waals surface area contributed by atoms with Gasteiger partial charge in [-0.1, -0.05) is 0 Å². The fourth-order valence-corrected chi connectivity index (χ4v) is 4.55. The molecule has 3 heterocycles. The summed E-state index contributed by atoms with van der Waals surface area (Å²) in [6.45, 7) is 6.12. The van der Waals surface area contributed by atoms with Crippen molar-refractivity contribution in [3.05, 3.63) is 58.3 Å². The van der Waals surface area contributed by atoms with Crippen molar-refractivity contribution in [2.45, 2.75) is 19.5 Å². The van der Waals surface area contributed by atoms with E-state index < -0.39 is 0 Å². The minimum atomic E-state index is 0.0378. The maximum Gasteiger partial charge on any atom is 0.253 e. The molecular weight excluding hydrogens is 442 g/mol. The number of carbonyl (C=O) groups excluding carboxylic acids is 1. The zero-order valence-corrected chi connectivity index (χ0v) is 19.6. The van der Waals surface area contributed by atoms with Crippen LogP contribution >= 0.6 is 15.9 Å². The van der Waals surface area contributed by atoms with Crippen molar-refractivity contribution < 1.29 is 4.79 Å². The molecule has 2 aromatic heterocycles. The largest absolute Gasteiger partial charge is 0.369 e. The molecule has 0 unspecified atom stereocenters. The van der Waals surface area contributed by atoms with Crippen LogP contribution in [0.5, 0.6) is 0 Å². The third kappa shape index (κ3) is 3.96. The van der Waals surface area contributed by atoms with Crippen LogP contribution in [0.3, 0.4) is 0 Å². The van der Waals surface area contributed by atoms with E-state index in [4.69, 9.17) is 0 Å². The van der Waals surface area contributed by atoms with Crippen LogP contribution < -0.4 is 4.90 Å². The number of fused-ring (bicyclic) bond motifs is 1. The van der Waals surface area contributed by atoms with Gasteiger partial charge >= 0.3 is 0 Å². The molecule has 0 bridgehead atoms. The summed E-state index contributed by atoms with van der Waals surface area (Å²) in [6, 6.07) is 12.6. The number of aromatic nitrogens is 2. The molecule has 0 aliphatic carbocycles. The number of benzene rings is 1. The van der Waals surface area contributed by atoms with Crippen LogP contribution in [0.1, 0.15) is 23.0 Å². The average Bonchev–Trinajstić information content (AvgIpc) is 3.06. The first kappa shape index (κ1) is 20.9. The van der Waals surface area contributed by atoms with E-state index in [1.165, 1.54) is 11.4 Å². The monoisotopic (exact) mass is 469 g/mol. The van der Waals surface area contributed by atoms with Gasteiger partial charge in [0.2, 0.25) is 0 Å². The summed E-state index contributed by atoms with van der Waals surface area (Å²) < 4.78 is 3.28. The highest BCUT2D eigenvalue weighted by Gasteiger charge is 2.25. The van der Waals surface area contributed by atoms with Gasteiger partial charge < -0.3 is 14.4 Å². The molecule has 30 heavy (non-hydrogen) atoms. The molecule has 4 rings (SSSR count). The molecule has 0 radical (unpaired) electrons. The first-order chi connectivity index (χ1) is 14.3. The molecule has 3 aromatic rings. The number of hydrogen-bond donors (Lipinski definition) is 0. The number of piperazine rings is 1. The highest BCUT2D eigenvalue weighted by atomic mass is 79.9. The second kappa shape index (κ2) is 8.40. The van der Waals surface area contributed by atoms with Crippen LogP contribution in [0, 0.1) is 0 Å². The lowest BCUT2D eigenvalue weighted by Crippen LogP contribution is -2.51. The van der Waals surface area contributed by atoms with Crippen LogP contribution in [0.15, 0.2) is 47.1 Å². The van der Waals surface area contributed by atoms with Gasteiger partial charge in [-0.15, -0.1) is 0 Å². The lowest BCUT2D eigenvalue weighted by atomic mass is 10.1. The number of hydrogen-bond acceptors (Lipinski definition) is 4. The maximum absolute atomic E-state index is 12.1. The van der Waals surface area contributed by atoms with Crippen molar-refractivity contribution in [1.29, 1.82) is 0 Å². The molecule has 1 atom stereocenters. The zero-order valence-electron chi connectivity index (χ0n) is 18.0. The predicted octanol–water partition coefficient (Wildman–Crippen LogP) is 3.75. The maximum atomic E-state index is 12.1. The Morgan fingerprint density at radius 3 is 2.57 bits per heavy atom. The van der Waals surface area contributed by atoms with E-state index in [1.54, 1.807) is 19.0 Å². The van der Waals surface area contributed by atoms with Gasteiger partial charge in [0.1, 0.15) is 5.65 Å². The van der Waals surface area contributed by atoms with Gasteiger partial charge in [0.15, 0.2) is 0 Å². The molecule has 1 aliphatic rings. The van der Waals surface area contributed by atoms with Gasteiger partial charge in [0.25, 0.3) is 5.91 Å². The highest BCUT2D eigenvalue weighted by molar-refractivity contribution is 9.10. The summed E-state index contributed by atoms with van der Waals surface area (Å²) in [4.78, 5) is 23.2. The lowest BCUT2D eigenvalue weighted by molar-refractivity contribution is 0.0827. The van der Waals surface area contributed by atoms with Crippen LogP contribution in [0.2, 0.25) is 0 Å². The summed E-state index contributed by atoms with van der Waals surface area (Å²) in [7, 11) is 5.65. The molecule has 1 fully saturated rings. The molecular formula is C23H28BrN5O. The molecule has 1 amide bonds. The van der Waals surface area contributed by atoms with Gasteiger partial charge in [-0.2, -0.15) is 0 Å². The van der Waals surface area contributed by atoms with Crippen molar-refractivity contribution >= 4 is 38.6 Å². The van der Waals surface area contributed by atoms with Crippen LogP contribution in [0.25, 0.3) is 11.0 Å². The Morgan fingerprint density at radius 2 is 1.93 bits per heavy atom. The lowest BCUT2D eigenvalue weighted by Gasteiger charge is -2.41. The van der Waals surface area contributed by atoms with Crippen LogP contribution in [-0.4, -0.2) is 65.0 Å². The highest BCUT2D eigenvalue weighted by Crippen LogP contribution is 2.27. The SMILES string of the molecule is C[C@@H]1CN(c2ccc(C(=O)N(C)C)cc2)CCN1Cc1cc2c(Br)ccnc2n1C. The summed E-state index contributed by atoms with van der Waals surface area (Å²) in [5, 5.41) is 1.16. The Kier molecular flexibility index (Phi) is 5.84. The van der Waals surface area contributed by atoms with E-state index in [1.807, 2.05) is 24.4 Å². The summed E-state index contributed by atoms with van der Waals surface area (Å²) in [6.07, 6.45) is 1.84. The topological polar surface area (TPSA) is 44.6 Å². The average molecular weight is 470 g/mol. The molecule has 1 saturated heterocycles.